The van der Waals surface area contributed by atoms with Gasteiger partial charge in [-0.3, -0.25) is 0 Å². The normalized spacial score (nSPS) is 19.2. The van der Waals surface area contributed by atoms with Crippen LogP contribution < -0.4 is 5.32 Å². The standard InChI is InChI=1S/C20H33N/c1-16(2)14-17-10-9-13-19(15-17)20(21-3)18-11-7-5-4-6-8-12-18/h9-10,13,15-16,18,20-21H,4-8,11-12,14H2,1-3H3. The summed E-state index contributed by atoms with van der Waals surface area (Å²) in [6, 6.07) is 9.84. The van der Waals surface area contributed by atoms with Gasteiger partial charge >= 0.3 is 0 Å². The third kappa shape index (κ3) is 5.14. The van der Waals surface area contributed by atoms with Gasteiger partial charge in [-0.1, -0.05) is 70.2 Å². The van der Waals surface area contributed by atoms with E-state index in [9.17, 15) is 0 Å². The molecule has 0 amide bonds. The SMILES string of the molecule is CNC(c1cccc(CC(C)C)c1)C1CCCCCCC1. The minimum absolute atomic E-state index is 0.537. The minimum Gasteiger partial charge on any atom is -0.313 e. The Bertz CT molecular complexity index is 402. The molecule has 1 aliphatic rings. The molecule has 0 heterocycles. The average molecular weight is 287 g/mol. The quantitative estimate of drug-likeness (QED) is 0.753. The van der Waals surface area contributed by atoms with E-state index >= 15 is 0 Å². The van der Waals surface area contributed by atoms with Crippen molar-refractivity contribution in [1.29, 1.82) is 0 Å². The summed E-state index contributed by atoms with van der Waals surface area (Å²) in [4.78, 5) is 0. The van der Waals surface area contributed by atoms with E-state index in [0.29, 0.717) is 6.04 Å². The predicted molar refractivity (Wildman–Crippen MR) is 92.6 cm³/mol. The van der Waals surface area contributed by atoms with Crippen LogP contribution in [-0.4, -0.2) is 7.05 Å². The van der Waals surface area contributed by atoms with Gasteiger partial charge in [0, 0.05) is 6.04 Å². The van der Waals surface area contributed by atoms with Gasteiger partial charge in [0.05, 0.1) is 0 Å². The lowest BCUT2D eigenvalue weighted by Gasteiger charge is -2.29. The molecular weight excluding hydrogens is 254 g/mol. The molecule has 21 heavy (non-hydrogen) atoms. The third-order valence-corrected chi connectivity index (χ3v) is 4.89. The Labute approximate surface area is 131 Å². The fraction of sp³-hybridized carbons (Fsp3) is 0.700. The molecule has 0 bridgehead atoms. The summed E-state index contributed by atoms with van der Waals surface area (Å²) < 4.78 is 0. The van der Waals surface area contributed by atoms with Crippen LogP contribution in [0.4, 0.5) is 0 Å². The molecule has 1 nitrogen and oxygen atoms in total. The fourth-order valence-electron chi connectivity index (χ4n) is 3.88. The van der Waals surface area contributed by atoms with Gasteiger partial charge in [0.1, 0.15) is 0 Å². The van der Waals surface area contributed by atoms with Gasteiger partial charge in [-0.15, -0.1) is 0 Å². The second-order valence-electron chi connectivity index (χ2n) is 7.21. The van der Waals surface area contributed by atoms with Crippen molar-refractivity contribution in [2.45, 2.75) is 71.3 Å². The first-order chi connectivity index (χ1) is 10.2. The van der Waals surface area contributed by atoms with Gasteiger partial charge in [-0.05, 0) is 49.3 Å². The lowest BCUT2D eigenvalue weighted by Crippen LogP contribution is -2.26. The van der Waals surface area contributed by atoms with Crippen molar-refractivity contribution < 1.29 is 0 Å². The van der Waals surface area contributed by atoms with Crippen molar-refractivity contribution in [3.63, 3.8) is 0 Å². The summed E-state index contributed by atoms with van der Waals surface area (Å²) in [6.07, 6.45) is 11.1. The van der Waals surface area contributed by atoms with Crippen molar-refractivity contribution in [2.75, 3.05) is 7.05 Å². The summed E-state index contributed by atoms with van der Waals surface area (Å²) >= 11 is 0. The van der Waals surface area contributed by atoms with Gasteiger partial charge < -0.3 is 5.32 Å². The summed E-state index contributed by atoms with van der Waals surface area (Å²) in [5.74, 6) is 1.54. The average Bonchev–Trinajstić information content (AvgIpc) is 2.41. The second kappa shape index (κ2) is 8.58. The number of rotatable bonds is 5. The molecule has 2 rings (SSSR count). The molecule has 1 heteroatoms. The van der Waals surface area contributed by atoms with Gasteiger partial charge in [-0.2, -0.15) is 0 Å². The molecule has 0 saturated heterocycles. The maximum absolute atomic E-state index is 3.62. The molecule has 0 aliphatic heterocycles. The van der Waals surface area contributed by atoms with E-state index in [1.54, 1.807) is 0 Å². The first-order valence-electron chi connectivity index (χ1n) is 8.97. The van der Waals surface area contributed by atoms with Gasteiger partial charge in [0.2, 0.25) is 0 Å². The molecule has 1 aromatic carbocycles. The molecule has 0 radical (unpaired) electrons. The number of nitrogens with one attached hydrogen (secondary N) is 1. The molecule has 1 fully saturated rings. The number of hydrogen-bond acceptors (Lipinski definition) is 1. The Morgan fingerprint density at radius 3 is 2.33 bits per heavy atom. The Kier molecular flexibility index (Phi) is 6.76. The van der Waals surface area contributed by atoms with Crippen LogP contribution in [0.5, 0.6) is 0 Å². The lowest BCUT2D eigenvalue weighted by molar-refractivity contribution is 0.299. The van der Waals surface area contributed by atoms with Gasteiger partial charge in [-0.25, -0.2) is 0 Å². The van der Waals surface area contributed by atoms with Crippen LogP contribution in [0.1, 0.15) is 76.0 Å². The Hall–Kier alpha value is -0.820. The molecule has 1 N–H and O–H groups in total. The lowest BCUT2D eigenvalue weighted by atomic mass is 9.82. The Morgan fingerprint density at radius 2 is 1.71 bits per heavy atom. The van der Waals surface area contributed by atoms with Crippen LogP contribution in [0, 0.1) is 11.8 Å². The van der Waals surface area contributed by atoms with E-state index in [1.165, 1.54) is 62.5 Å². The Balaban J connectivity index is 2.11. The zero-order chi connectivity index (χ0) is 15.1. The van der Waals surface area contributed by atoms with Crippen LogP contribution in [0.15, 0.2) is 24.3 Å². The largest absolute Gasteiger partial charge is 0.313 e. The molecule has 1 atom stereocenters. The van der Waals surface area contributed by atoms with Crippen molar-refractivity contribution >= 4 is 0 Å². The zero-order valence-corrected chi connectivity index (χ0v) is 14.2. The highest BCUT2D eigenvalue weighted by Crippen LogP contribution is 2.33. The maximum Gasteiger partial charge on any atom is 0.0346 e. The van der Waals surface area contributed by atoms with Crippen molar-refractivity contribution in [1.82, 2.24) is 5.32 Å². The molecule has 0 spiro atoms. The van der Waals surface area contributed by atoms with Crippen molar-refractivity contribution in [2.24, 2.45) is 11.8 Å². The van der Waals surface area contributed by atoms with Crippen LogP contribution in [0.3, 0.4) is 0 Å². The second-order valence-corrected chi connectivity index (χ2v) is 7.21. The van der Waals surface area contributed by atoms with Crippen LogP contribution in [0.25, 0.3) is 0 Å². The highest BCUT2D eigenvalue weighted by molar-refractivity contribution is 5.27. The van der Waals surface area contributed by atoms with E-state index in [2.05, 4.69) is 50.5 Å². The van der Waals surface area contributed by atoms with Crippen molar-refractivity contribution in [3.8, 4) is 0 Å². The minimum atomic E-state index is 0.537. The van der Waals surface area contributed by atoms with E-state index in [0.717, 1.165) is 11.8 Å². The smallest absolute Gasteiger partial charge is 0.0346 e. The summed E-state index contributed by atoms with van der Waals surface area (Å²) in [5.41, 5.74) is 3.00. The Morgan fingerprint density at radius 1 is 1.05 bits per heavy atom. The predicted octanol–water partition coefficient (Wildman–Crippen LogP) is 5.51. The van der Waals surface area contributed by atoms with Gasteiger partial charge in [0.25, 0.3) is 0 Å². The van der Waals surface area contributed by atoms with E-state index in [1.807, 2.05) is 0 Å². The molecular formula is C20H33N. The third-order valence-electron chi connectivity index (χ3n) is 4.89. The van der Waals surface area contributed by atoms with Crippen LogP contribution >= 0.6 is 0 Å². The van der Waals surface area contributed by atoms with Crippen LogP contribution in [-0.2, 0) is 6.42 Å². The summed E-state index contributed by atoms with van der Waals surface area (Å²) in [7, 11) is 2.14. The molecule has 1 aliphatic carbocycles. The van der Waals surface area contributed by atoms with Crippen LogP contribution in [0.2, 0.25) is 0 Å². The first kappa shape index (κ1) is 16.5. The van der Waals surface area contributed by atoms with E-state index < -0.39 is 0 Å². The topological polar surface area (TPSA) is 12.0 Å². The summed E-state index contributed by atoms with van der Waals surface area (Å²) in [6.45, 7) is 4.61. The molecule has 1 saturated carbocycles. The number of hydrogen-bond donors (Lipinski definition) is 1. The van der Waals surface area contributed by atoms with Crippen molar-refractivity contribution in [3.05, 3.63) is 35.4 Å². The zero-order valence-electron chi connectivity index (χ0n) is 14.2. The molecule has 118 valence electrons. The first-order valence-corrected chi connectivity index (χ1v) is 8.97. The van der Waals surface area contributed by atoms with E-state index in [4.69, 9.17) is 0 Å². The van der Waals surface area contributed by atoms with Gasteiger partial charge in [0.15, 0.2) is 0 Å². The fourth-order valence-corrected chi connectivity index (χ4v) is 3.88. The molecule has 1 unspecified atom stereocenters. The maximum atomic E-state index is 3.62. The molecule has 1 aromatic rings. The highest BCUT2D eigenvalue weighted by Gasteiger charge is 2.22. The monoisotopic (exact) mass is 287 g/mol. The highest BCUT2D eigenvalue weighted by atomic mass is 14.9. The van der Waals surface area contributed by atoms with E-state index in [-0.39, 0.29) is 0 Å². The molecule has 0 aromatic heterocycles. The summed E-state index contributed by atoms with van der Waals surface area (Å²) in [5, 5.41) is 3.62. The number of benzene rings is 1.